The van der Waals surface area contributed by atoms with Crippen LogP contribution in [0, 0.1) is 20.6 Å². The Balaban J connectivity index is 1.13. The van der Waals surface area contributed by atoms with Gasteiger partial charge >= 0.3 is 5.84 Å². The van der Waals surface area contributed by atoms with Gasteiger partial charge in [-0.15, -0.1) is 0 Å². The first-order chi connectivity index (χ1) is 33.6. The van der Waals surface area contributed by atoms with E-state index in [4.69, 9.17) is 26.5 Å². The topological polar surface area (TPSA) is 39.7 Å². The number of oxazole rings is 1. The van der Waals surface area contributed by atoms with Crippen molar-refractivity contribution in [3.63, 3.8) is 0 Å². The Morgan fingerprint density at radius 2 is 1.05 bits per heavy atom. The van der Waals surface area contributed by atoms with Crippen molar-refractivity contribution in [3.05, 3.63) is 179 Å². The third-order valence-corrected chi connectivity index (χ3v) is 14.0. The average Bonchev–Trinajstić information content (AvgIpc) is 3.86. The lowest BCUT2D eigenvalue weighted by atomic mass is 9.60. The molecule has 0 fully saturated rings. The number of fused-ring (bicyclic) bond motifs is 15. The predicted octanol–water partition coefficient (Wildman–Crippen LogP) is 15.8. The first-order valence-corrected chi connectivity index (χ1v) is 21.0. The highest BCUT2D eigenvalue weighted by molar-refractivity contribution is 6.04. The van der Waals surface area contributed by atoms with E-state index in [0.29, 0.717) is 33.5 Å². The van der Waals surface area contributed by atoms with Gasteiger partial charge in [-0.05, 0) is 129 Å². The highest BCUT2D eigenvalue weighted by Gasteiger charge is 2.46. The lowest BCUT2D eigenvalue weighted by molar-refractivity contribution is 0.306. The predicted molar refractivity (Wildman–Crippen MR) is 255 cm³/mol. The molecule has 300 valence electrons. The fraction of sp³-hybridized carbons (Fsp3) is 0.155. The summed E-state index contributed by atoms with van der Waals surface area (Å²) in [7, 11) is 0. The number of aryl methyl sites for hydroxylation is 3. The zero-order chi connectivity index (χ0) is 49.7. The summed E-state index contributed by atoms with van der Waals surface area (Å²) < 4.78 is 96.0. The summed E-state index contributed by atoms with van der Waals surface area (Å²) in [6, 6.07) is 48.5. The molecule has 0 N–H and O–H groups in total. The van der Waals surface area contributed by atoms with E-state index in [1.54, 1.807) is 18.2 Å². The van der Waals surface area contributed by atoms with E-state index in [0.717, 1.165) is 55.6 Å². The average molecular weight is 812 g/mol. The Bertz CT molecular complexity index is 3880. The second kappa shape index (κ2) is 12.9. The second-order valence-electron chi connectivity index (χ2n) is 17.7. The maximum absolute atomic E-state index is 9.06. The molecule has 1 aliphatic carbocycles. The highest BCUT2D eigenvalue weighted by Crippen LogP contribution is 2.58. The van der Waals surface area contributed by atoms with Crippen LogP contribution in [0.25, 0.3) is 94.7 Å². The SMILES string of the molecule is [2H]C([2H])([2H])c1cc2c(cc1-c1c(C([2H])([2H])[2H])ccc3c1oc1nc4ccccc4n13)C(C)(C)C(C)(C)c1ccc(C([2H])([2H])[2H])c(-c3ccc4c(c3)-c3ccccc3-c3ccccc3-c3ccccc3-4)c1O2. The minimum absolute atomic E-state index is 0.0788. The van der Waals surface area contributed by atoms with Crippen molar-refractivity contribution in [2.24, 2.45) is 0 Å². The largest absolute Gasteiger partial charge is 0.456 e. The third-order valence-electron chi connectivity index (χ3n) is 14.0. The molecule has 0 atom stereocenters. The number of aromatic nitrogens is 2. The van der Waals surface area contributed by atoms with Crippen molar-refractivity contribution in [2.75, 3.05) is 0 Å². The molecular formula is C58H46N2O2. The van der Waals surface area contributed by atoms with Crippen LogP contribution in [0.1, 0.15) is 67.8 Å². The molecule has 4 heteroatoms. The molecule has 12 rings (SSSR count). The summed E-state index contributed by atoms with van der Waals surface area (Å²) in [6.07, 6.45) is 0. The molecule has 0 unspecified atom stereocenters. The molecule has 0 spiro atoms. The van der Waals surface area contributed by atoms with Crippen LogP contribution >= 0.6 is 0 Å². The van der Waals surface area contributed by atoms with Gasteiger partial charge in [-0.1, -0.05) is 143 Å². The Morgan fingerprint density at radius 3 is 1.71 bits per heavy atom. The van der Waals surface area contributed by atoms with Gasteiger partial charge in [0.15, 0.2) is 5.58 Å². The minimum atomic E-state index is -2.79. The molecule has 2 aromatic heterocycles. The van der Waals surface area contributed by atoms with Crippen molar-refractivity contribution >= 4 is 28.0 Å². The zero-order valence-electron chi connectivity index (χ0n) is 43.6. The third kappa shape index (κ3) is 4.98. The van der Waals surface area contributed by atoms with Gasteiger partial charge in [-0.2, -0.15) is 4.98 Å². The number of hydrogen-bond acceptors (Lipinski definition) is 3. The van der Waals surface area contributed by atoms with E-state index in [-0.39, 0.29) is 45.0 Å². The van der Waals surface area contributed by atoms with E-state index in [1.807, 2.05) is 71.1 Å². The molecule has 10 aromatic rings. The van der Waals surface area contributed by atoms with Crippen LogP contribution in [-0.2, 0) is 10.8 Å². The zero-order valence-corrected chi connectivity index (χ0v) is 34.6. The molecule has 2 aliphatic rings. The van der Waals surface area contributed by atoms with Crippen LogP contribution in [0.15, 0.2) is 156 Å². The van der Waals surface area contributed by atoms with Gasteiger partial charge in [0.2, 0.25) is 0 Å². The molecule has 0 amide bonds. The maximum atomic E-state index is 9.06. The number of ether oxygens (including phenoxy) is 1. The molecule has 4 nitrogen and oxygen atoms in total. The fourth-order valence-corrected chi connectivity index (χ4v) is 10.1. The van der Waals surface area contributed by atoms with Gasteiger partial charge < -0.3 is 9.15 Å². The first kappa shape index (κ1) is 28.4. The highest BCUT2D eigenvalue weighted by atomic mass is 16.5. The van der Waals surface area contributed by atoms with Crippen molar-refractivity contribution in [1.82, 2.24) is 9.38 Å². The smallest absolute Gasteiger partial charge is 0.307 e. The molecule has 0 radical (unpaired) electrons. The Morgan fingerprint density at radius 1 is 0.484 bits per heavy atom. The number of para-hydroxylation sites is 2. The summed E-state index contributed by atoms with van der Waals surface area (Å²) in [5.41, 5.74) is 11.1. The van der Waals surface area contributed by atoms with E-state index in [2.05, 4.69) is 82.3 Å². The van der Waals surface area contributed by atoms with Crippen molar-refractivity contribution in [2.45, 2.75) is 59.1 Å². The van der Waals surface area contributed by atoms with E-state index in [9.17, 15) is 0 Å². The van der Waals surface area contributed by atoms with Gasteiger partial charge in [-0.25, -0.2) is 0 Å². The van der Waals surface area contributed by atoms with Crippen LogP contribution in [0.5, 0.6) is 11.5 Å². The standard InChI is InChI=1S/C58H46N2O2/c1-33-24-28-46-54(52(33)36-26-27-43-41-20-11-10-18-39(41)37-16-8-9-17-38(37)40-19-12-13-21-42(40)45(43)31-36)61-51-30-35(3)44(32-47(51)58(6,7)57(46,4)5)53-34(2)25-29-50-55(53)62-56-59-48-22-14-15-23-49(48)60(50)56/h8-32H,1-7H3/i1D3,2D3,3D3. The number of imidazole rings is 1. The van der Waals surface area contributed by atoms with E-state index < -0.39 is 31.4 Å². The number of hydrogen-bond donors (Lipinski definition) is 0. The lowest BCUT2D eigenvalue weighted by Gasteiger charge is -2.42. The lowest BCUT2D eigenvalue weighted by Crippen LogP contribution is -2.39. The molecule has 8 aromatic carbocycles. The van der Waals surface area contributed by atoms with Gasteiger partial charge in [0.1, 0.15) is 11.5 Å². The van der Waals surface area contributed by atoms with E-state index in [1.165, 1.54) is 12.1 Å². The van der Waals surface area contributed by atoms with Crippen molar-refractivity contribution < 1.29 is 21.5 Å². The molecule has 0 saturated heterocycles. The van der Waals surface area contributed by atoms with Crippen LogP contribution in [-0.4, -0.2) is 9.38 Å². The first-order valence-electron chi connectivity index (χ1n) is 25.5. The molecule has 62 heavy (non-hydrogen) atoms. The Labute approximate surface area is 374 Å². The second-order valence-corrected chi connectivity index (χ2v) is 17.7. The molecule has 3 heterocycles. The summed E-state index contributed by atoms with van der Waals surface area (Å²) >= 11 is 0. The van der Waals surface area contributed by atoms with E-state index >= 15 is 0 Å². The molecule has 1 aliphatic heterocycles. The van der Waals surface area contributed by atoms with Crippen molar-refractivity contribution in [3.8, 4) is 78.3 Å². The summed E-state index contributed by atoms with van der Waals surface area (Å²) in [5, 5.41) is 0. The van der Waals surface area contributed by atoms with Gasteiger partial charge in [0.25, 0.3) is 0 Å². The molecule has 0 saturated carbocycles. The number of nitrogens with zero attached hydrogens (tertiary/aromatic N) is 2. The summed E-state index contributed by atoms with van der Waals surface area (Å²) in [4.78, 5) is 4.70. The minimum Gasteiger partial charge on any atom is -0.456 e. The van der Waals surface area contributed by atoms with Crippen LogP contribution < -0.4 is 4.74 Å². The van der Waals surface area contributed by atoms with Crippen molar-refractivity contribution in [1.29, 1.82) is 0 Å². The molecule has 0 bridgehead atoms. The van der Waals surface area contributed by atoms with Crippen LogP contribution in [0.4, 0.5) is 0 Å². The fourth-order valence-electron chi connectivity index (χ4n) is 10.1. The number of benzene rings is 8. The maximum Gasteiger partial charge on any atom is 0.307 e. The quantitative estimate of drug-likeness (QED) is 0.175. The summed E-state index contributed by atoms with van der Waals surface area (Å²) in [6.45, 7) is 0.187. The van der Waals surface area contributed by atoms with Crippen LogP contribution in [0.3, 0.4) is 0 Å². The Kier molecular flexibility index (Phi) is 5.91. The Hall–Kier alpha value is -7.17. The molecular weight excluding hydrogens is 757 g/mol. The summed E-state index contributed by atoms with van der Waals surface area (Å²) in [5.74, 6) is 0.749. The van der Waals surface area contributed by atoms with Crippen LogP contribution in [0.2, 0.25) is 0 Å². The van der Waals surface area contributed by atoms with Gasteiger partial charge in [0.05, 0.1) is 16.6 Å². The van der Waals surface area contributed by atoms with Gasteiger partial charge in [-0.3, -0.25) is 4.40 Å². The van der Waals surface area contributed by atoms with Gasteiger partial charge in [0, 0.05) is 45.4 Å². The number of rotatable bonds is 2. The normalized spacial score (nSPS) is 17.2. The monoisotopic (exact) mass is 811 g/mol.